The smallest absolute Gasteiger partial charge is 0.341 e. The highest BCUT2D eigenvalue weighted by Crippen LogP contribution is 2.33. The molecule has 2 aromatic rings. The predicted molar refractivity (Wildman–Crippen MR) is 96.3 cm³/mol. The highest BCUT2D eigenvalue weighted by molar-refractivity contribution is 6.31. The van der Waals surface area contributed by atoms with Crippen LogP contribution < -0.4 is 15.2 Å². The van der Waals surface area contributed by atoms with Crippen LogP contribution in [-0.4, -0.2) is 34.4 Å². The fourth-order valence-corrected chi connectivity index (χ4v) is 2.56. The fraction of sp³-hybridized carbons (Fsp3) is 0.0556. The molecule has 1 saturated heterocycles. The van der Waals surface area contributed by atoms with Gasteiger partial charge in [0.25, 0.3) is 11.8 Å². The Morgan fingerprint density at radius 2 is 1.89 bits per heavy atom. The molecule has 0 saturated carbocycles. The number of ether oxygens (including phenoxy) is 1. The van der Waals surface area contributed by atoms with Crippen LogP contribution in [0.15, 0.2) is 54.1 Å². The molecule has 0 aromatic heterocycles. The molecule has 2 N–H and O–H groups in total. The number of hydrogen-bond donors (Lipinski definition) is 2. The number of hydrazine groups is 1. The number of anilines is 1. The van der Waals surface area contributed by atoms with Crippen LogP contribution in [0, 0.1) is 10.1 Å². The molecule has 0 atom stereocenters. The van der Waals surface area contributed by atoms with E-state index in [1.807, 2.05) is 0 Å². The standard InChI is InChI=1S/C18H13N3O7/c22-15(23)10-28-16-11(5-4-8-14(16)21(26)27)9-13-17(24)19-20(18(13)25)12-6-2-1-3-7-12/h1-9H,10H2,(H,19,24)(H,22,23). The summed E-state index contributed by atoms with van der Waals surface area (Å²) in [4.78, 5) is 46.1. The fourth-order valence-electron chi connectivity index (χ4n) is 2.56. The Morgan fingerprint density at radius 1 is 1.18 bits per heavy atom. The lowest BCUT2D eigenvalue weighted by Gasteiger charge is -2.13. The number of rotatable bonds is 6. The summed E-state index contributed by atoms with van der Waals surface area (Å²) < 4.78 is 5.04. The van der Waals surface area contributed by atoms with Gasteiger partial charge in [-0.15, -0.1) is 0 Å². The molecule has 2 amide bonds. The SMILES string of the molecule is O=C(O)COc1c(C=C2C(=O)NN(c3ccccc3)C2=O)cccc1[N+](=O)[O-]. The number of carboxylic acids is 1. The number of hydrogen-bond acceptors (Lipinski definition) is 6. The van der Waals surface area contributed by atoms with Gasteiger partial charge in [-0.1, -0.05) is 30.3 Å². The topological polar surface area (TPSA) is 139 Å². The zero-order valence-electron chi connectivity index (χ0n) is 14.2. The molecule has 1 heterocycles. The Hall–Kier alpha value is -4.21. The minimum Gasteiger partial charge on any atom is -0.479 e. The molecule has 10 nitrogen and oxygen atoms in total. The van der Waals surface area contributed by atoms with Gasteiger partial charge in [0.1, 0.15) is 5.57 Å². The van der Waals surface area contributed by atoms with Crippen molar-refractivity contribution in [2.75, 3.05) is 11.6 Å². The van der Waals surface area contributed by atoms with Crippen LogP contribution >= 0.6 is 0 Å². The van der Waals surface area contributed by atoms with Gasteiger partial charge in [0.05, 0.1) is 10.6 Å². The summed E-state index contributed by atoms with van der Waals surface area (Å²) in [7, 11) is 0. The average Bonchev–Trinajstić information content (AvgIpc) is 2.95. The average molecular weight is 383 g/mol. The number of para-hydroxylation sites is 2. The third-order valence-corrected chi connectivity index (χ3v) is 3.77. The maximum absolute atomic E-state index is 12.6. The lowest BCUT2D eigenvalue weighted by Crippen LogP contribution is -2.35. The van der Waals surface area contributed by atoms with Gasteiger partial charge >= 0.3 is 11.7 Å². The van der Waals surface area contributed by atoms with Crippen molar-refractivity contribution in [3.63, 3.8) is 0 Å². The maximum atomic E-state index is 12.6. The first-order chi connectivity index (χ1) is 13.4. The maximum Gasteiger partial charge on any atom is 0.341 e. The number of nitrogens with zero attached hydrogens (tertiary/aromatic N) is 2. The minimum atomic E-state index is -1.33. The predicted octanol–water partition coefficient (Wildman–Crippen LogP) is 1.52. The van der Waals surface area contributed by atoms with Crippen LogP contribution in [0.3, 0.4) is 0 Å². The number of carbonyl (C=O) groups excluding carboxylic acids is 2. The number of amides is 2. The molecule has 28 heavy (non-hydrogen) atoms. The van der Waals surface area contributed by atoms with Gasteiger partial charge in [0.2, 0.25) is 5.75 Å². The number of carboxylic acid groups (broad SMARTS) is 1. The van der Waals surface area contributed by atoms with Crippen LogP contribution in [0.25, 0.3) is 6.08 Å². The summed E-state index contributed by atoms with van der Waals surface area (Å²) in [6, 6.07) is 12.2. The monoisotopic (exact) mass is 383 g/mol. The Labute approximate surface area is 157 Å². The number of nitro groups is 1. The van der Waals surface area contributed by atoms with Gasteiger partial charge in [-0.05, 0) is 18.2 Å². The van der Waals surface area contributed by atoms with Crippen molar-refractivity contribution in [1.29, 1.82) is 0 Å². The second kappa shape index (κ2) is 7.58. The number of benzene rings is 2. The van der Waals surface area contributed by atoms with Crippen molar-refractivity contribution in [2.45, 2.75) is 0 Å². The summed E-state index contributed by atoms with van der Waals surface area (Å²) in [5.41, 5.74) is 2.11. The first-order valence-corrected chi connectivity index (χ1v) is 7.92. The Kier molecular flexibility index (Phi) is 5.03. The van der Waals surface area contributed by atoms with Crippen LogP contribution in [0.4, 0.5) is 11.4 Å². The van der Waals surface area contributed by atoms with Gasteiger partial charge in [-0.3, -0.25) is 25.1 Å². The Bertz CT molecular complexity index is 1000. The molecule has 0 aliphatic carbocycles. The van der Waals surface area contributed by atoms with Gasteiger partial charge in [-0.25, -0.2) is 9.80 Å². The normalized spacial score (nSPS) is 14.9. The number of carbonyl (C=O) groups is 3. The van der Waals surface area contributed by atoms with Crippen LogP contribution in [0.2, 0.25) is 0 Å². The summed E-state index contributed by atoms with van der Waals surface area (Å²) in [6.45, 7) is -0.822. The molecule has 3 rings (SSSR count). The zero-order chi connectivity index (χ0) is 20.3. The second-order valence-corrected chi connectivity index (χ2v) is 5.61. The van der Waals surface area contributed by atoms with E-state index < -0.39 is 35.0 Å². The summed E-state index contributed by atoms with van der Waals surface area (Å²) in [6.07, 6.45) is 1.13. The van der Waals surface area contributed by atoms with E-state index in [0.717, 1.165) is 17.2 Å². The van der Waals surface area contributed by atoms with Gasteiger partial charge < -0.3 is 9.84 Å². The number of aliphatic carboxylic acids is 1. The molecular weight excluding hydrogens is 370 g/mol. The van der Waals surface area contributed by atoms with Crippen molar-refractivity contribution in [3.05, 3.63) is 69.8 Å². The van der Waals surface area contributed by atoms with Crippen molar-refractivity contribution >= 4 is 35.2 Å². The van der Waals surface area contributed by atoms with Crippen molar-refractivity contribution in [3.8, 4) is 5.75 Å². The highest BCUT2D eigenvalue weighted by Gasteiger charge is 2.35. The van der Waals surface area contributed by atoms with E-state index in [2.05, 4.69) is 5.43 Å². The summed E-state index contributed by atoms with van der Waals surface area (Å²) >= 11 is 0. The van der Waals surface area contributed by atoms with E-state index >= 15 is 0 Å². The lowest BCUT2D eigenvalue weighted by molar-refractivity contribution is -0.385. The molecule has 0 bridgehead atoms. The zero-order valence-corrected chi connectivity index (χ0v) is 14.2. The highest BCUT2D eigenvalue weighted by atomic mass is 16.6. The van der Waals surface area contributed by atoms with Gasteiger partial charge in [0.15, 0.2) is 6.61 Å². The molecule has 1 fully saturated rings. The molecule has 0 unspecified atom stereocenters. The van der Waals surface area contributed by atoms with Crippen molar-refractivity contribution < 1.29 is 29.2 Å². The van der Waals surface area contributed by atoms with Gasteiger partial charge in [-0.2, -0.15) is 0 Å². The van der Waals surface area contributed by atoms with Crippen molar-refractivity contribution in [2.24, 2.45) is 0 Å². The van der Waals surface area contributed by atoms with Crippen molar-refractivity contribution in [1.82, 2.24) is 5.43 Å². The van der Waals surface area contributed by atoms with E-state index in [1.165, 1.54) is 12.1 Å². The molecule has 10 heteroatoms. The third-order valence-electron chi connectivity index (χ3n) is 3.77. The molecule has 2 aromatic carbocycles. The quantitative estimate of drug-likeness (QED) is 0.334. The van der Waals surface area contributed by atoms with Crippen LogP contribution in [0.1, 0.15) is 5.56 Å². The molecule has 0 spiro atoms. The largest absolute Gasteiger partial charge is 0.479 e. The van der Waals surface area contributed by atoms with Crippen LogP contribution in [-0.2, 0) is 14.4 Å². The molecule has 1 aliphatic rings. The van der Waals surface area contributed by atoms with E-state index in [1.54, 1.807) is 30.3 Å². The molecular formula is C18H13N3O7. The van der Waals surface area contributed by atoms with E-state index in [0.29, 0.717) is 5.69 Å². The Morgan fingerprint density at radius 3 is 2.54 bits per heavy atom. The van der Waals surface area contributed by atoms with E-state index in [-0.39, 0.29) is 16.9 Å². The molecule has 142 valence electrons. The Balaban J connectivity index is 2.01. The summed E-state index contributed by atoms with van der Waals surface area (Å²) in [5.74, 6) is -3.04. The molecule has 1 aliphatic heterocycles. The van der Waals surface area contributed by atoms with Gasteiger partial charge in [0, 0.05) is 11.6 Å². The van der Waals surface area contributed by atoms with Crippen LogP contribution in [0.5, 0.6) is 5.75 Å². The third kappa shape index (κ3) is 3.65. The first-order valence-electron chi connectivity index (χ1n) is 7.92. The summed E-state index contributed by atoms with van der Waals surface area (Å²) in [5, 5.41) is 21.1. The lowest BCUT2D eigenvalue weighted by atomic mass is 10.1. The number of nitro benzene ring substituents is 1. The minimum absolute atomic E-state index is 0.0314. The second-order valence-electron chi connectivity index (χ2n) is 5.61. The van der Waals surface area contributed by atoms with E-state index in [9.17, 15) is 24.5 Å². The number of nitrogens with one attached hydrogen (secondary N) is 1. The molecule has 0 radical (unpaired) electrons. The first kappa shape index (κ1) is 18.6. The van der Waals surface area contributed by atoms with E-state index in [4.69, 9.17) is 9.84 Å².